The van der Waals surface area contributed by atoms with Gasteiger partial charge in [-0.2, -0.15) is 0 Å². The average molecular weight is 375 g/mol. The van der Waals surface area contributed by atoms with Crippen LogP contribution in [0.4, 0.5) is 0 Å². The maximum Gasteiger partial charge on any atom is 0.258 e. The highest BCUT2D eigenvalue weighted by molar-refractivity contribution is 6.30. The van der Waals surface area contributed by atoms with E-state index in [0.717, 1.165) is 38.4 Å². The summed E-state index contributed by atoms with van der Waals surface area (Å²) >= 11 is 5.94. The molecule has 1 heterocycles. The standard InChI is InChI=1S/C20H23ClN2O3/c21-17-7-4-8-18(13-17)26-15-20(24)22-19(16-5-2-1-3-6-16)14-23-9-11-25-12-10-23/h1-8,13,19H,9-12,14-15H2,(H,22,24)/t19-/m1/s1. The summed E-state index contributed by atoms with van der Waals surface area (Å²) in [6.07, 6.45) is 0. The van der Waals surface area contributed by atoms with E-state index >= 15 is 0 Å². The molecule has 138 valence electrons. The number of nitrogens with zero attached hydrogens (tertiary/aromatic N) is 1. The zero-order valence-corrected chi connectivity index (χ0v) is 15.3. The molecule has 0 radical (unpaired) electrons. The second-order valence-electron chi connectivity index (χ2n) is 6.19. The second kappa shape index (κ2) is 9.57. The fourth-order valence-electron chi connectivity index (χ4n) is 2.90. The van der Waals surface area contributed by atoms with Crippen LogP contribution in [0.15, 0.2) is 54.6 Å². The molecule has 1 atom stereocenters. The number of carbonyl (C=O) groups excluding carboxylic acids is 1. The van der Waals surface area contributed by atoms with E-state index < -0.39 is 0 Å². The number of halogens is 1. The molecule has 0 aliphatic carbocycles. The predicted molar refractivity (Wildman–Crippen MR) is 102 cm³/mol. The number of hydrogen-bond acceptors (Lipinski definition) is 4. The molecule has 1 amide bonds. The Labute approximate surface area is 158 Å². The summed E-state index contributed by atoms with van der Waals surface area (Å²) in [7, 11) is 0. The van der Waals surface area contributed by atoms with Gasteiger partial charge in [0, 0.05) is 24.7 Å². The normalized spacial score (nSPS) is 16.0. The monoisotopic (exact) mass is 374 g/mol. The molecule has 0 bridgehead atoms. The highest BCUT2D eigenvalue weighted by atomic mass is 35.5. The van der Waals surface area contributed by atoms with Crippen molar-refractivity contribution >= 4 is 17.5 Å². The van der Waals surface area contributed by atoms with E-state index in [2.05, 4.69) is 10.2 Å². The van der Waals surface area contributed by atoms with Crippen LogP contribution in [0, 0.1) is 0 Å². The Balaban J connectivity index is 1.59. The van der Waals surface area contributed by atoms with Crippen molar-refractivity contribution in [3.05, 3.63) is 65.2 Å². The topological polar surface area (TPSA) is 50.8 Å². The lowest BCUT2D eigenvalue weighted by Gasteiger charge is -2.31. The molecule has 6 heteroatoms. The van der Waals surface area contributed by atoms with Gasteiger partial charge in [0.2, 0.25) is 0 Å². The lowest BCUT2D eigenvalue weighted by molar-refractivity contribution is -0.124. The lowest BCUT2D eigenvalue weighted by atomic mass is 10.1. The summed E-state index contributed by atoms with van der Waals surface area (Å²) in [6.45, 7) is 3.90. The minimum absolute atomic E-state index is 0.0488. The largest absolute Gasteiger partial charge is 0.484 e. The van der Waals surface area contributed by atoms with Gasteiger partial charge in [-0.05, 0) is 23.8 Å². The summed E-state index contributed by atoms with van der Waals surface area (Å²) in [5.41, 5.74) is 1.08. The fraction of sp³-hybridized carbons (Fsp3) is 0.350. The van der Waals surface area contributed by atoms with Crippen molar-refractivity contribution in [1.29, 1.82) is 0 Å². The number of rotatable bonds is 7. The van der Waals surface area contributed by atoms with E-state index in [0.29, 0.717) is 10.8 Å². The maximum atomic E-state index is 12.4. The van der Waals surface area contributed by atoms with Crippen LogP contribution in [0.1, 0.15) is 11.6 Å². The van der Waals surface area contributed by atoms with E-state index in [9.17, 15) is 4.79 Å². The van der Waals surface area contributed by atoms with Crippen LogP contribution in [0.5, 0.6) is 5.75 Å². The molecular weight excluding hydrogens is 352 g/mol. The van der Waals surface area contributed by atoms with Gasteiger partial charge < -0.3 is 14.8 Å². The summed E-state index contributed by atoms with van der Waals surface area (Å²) in [6, 6.07) is 16.9. The van der Waals surface area contributed by atoms with Crippen LogP contribution in [0.2, 0.25) is 5.02 Å². The predicted octanol–water partition coefficient (Wildman–Crippen LogP) is 2.91. The van der Waals surface area contributed by atoms with Crippen molar-refractivity contribution in [3.63, 3.8) is 0 Å². The number of hydrogen-bond donors (Lipinski definition) is 1. The van der Waals surface area contributed by atoms with Crippen molar-refractivity contribution < 1.29 is 14.3 Å². The number of morpholine rings is 1. The Morgan fingerprint density at radius 2 is 1.92 bits per heavy atom. The third-order valence-corrected chi connectivity index (χ3v) is 4.48. The highest BCUT2D eigenvalue weighted by Gasteiger charge is 2.20. The lowest BCUT2D eigenvalue weighted by Crippen LogP contribution is -2.44. The summed E-state index contributed by atoms with van der Waals surface area (Å²) in [5.74, 6) is 0.421. The number of carbonyl (C=O) groups is 1. The Kier molecular flexibility index (Phi) is 6.89. The van der Waals surface area contributed by atoms with Crippen molar-refractivity contribution in [2.45, 2.75) is 6.04 Å². The molecule has 2 aromatic carbocycles. The summed E-state index contributed by atoms with van der Waals surface area (Å²) in [4.78, 5) is 14.7. The Morgan fingerprint density at radius 3 is 2.65 bits per heavy atom. The molecule has 1 aliphatic heterocycles. The van der Waals surface area contributed by atoms with Crippen molar-refractivity contribution in [2.24, 2.45) is 0 Å². The number of nitrogens with one attached hydrogen (secondary N) is 1. The van der Waals surface area contributed by atoms with E-state index in [1.54, 1.807) is 24.3 Å². The minimum atomic E-state index is -0.160. The van der Waals surface area contributed by atoms with E-state index in [4.69, 9.17) is 21.1 Å². The van der Waals surface area contributed by atoms with Gasteiger partial charge in [0.15, 0.2) is 6.61 Å². The molecule has 26 heavy (non-hydrogen) atoms. The molecule has 0 spiro atoms. The molecule has 2 aromatic rings. The first kappa shape index (κ1) is 18.7. The average Bonchev–Trinajstić information content (AvgIpc) is 2.67. The molecule has 3 rings (SSSR count). The van der Waals surface area contributed by atoms with Gasteiger partial charge in [-0.25, -0.2) is 0 Å². The first-order valence-corrected chi connectivity index (χ1v) is 9.11. The Bertz CT molecular complexity index is 705. The SMILES string of the molecule is O=C(COc1cccc(Cl)c1)N[C@H](CN1CCOCC1)c1ccccc1. The zero-order chi connectivity index (χ0) is 18.2. The van der Waals surface area contributed by atoms with Gasteiger partial charge in [0.25, 0.3) is 5.91 Å². The molecule has 0 unspecified atom stereocenters. The highest BCUT2D eigenvalue weighted by Crippen LogP contribution is 2.18. The van der Waals surface area contributed by atoms with E-state index in [1.807, 2.05) is 30.3 Å². The van der Waals surface area contributed by atoms with Crippen LogP contribution in [0.3, 0.4) is 0 Å². The number of ether oxygens (including phenoxy) is 2. The third-order valence-electron chi connectivity index (χ3n) is 4.25. The van der Waals surface area contributed by atoms with Gasteiger partial charge in [-0.15, -0.1) is 0 Å². The van der Waals surface area contributed by atoms with Crippen LogP contribution in [-0.4, -0.2) is 50.3 Å². The van der Waals surface area contributed by atoms with Gasteiger partial charge >= 0.3 is 0 Å². The summed E-state index contributed by atoms with van der Waals surface area (Å²) in [5, 5.41) is 3.67. The molecule has 5 nitrogen and oxygen atoms in total. The molecule has 1 aliphatic rings. The van der Waals surface area contributed by atoms with Crippen LogP contribution >= 0.6 is 11.6 Å². The van der Waals surface area contributed by atoms with Crippen LogP contribution in [-0.2, 0) is 9.53 Å². The van der Waals surface area contributed by atoms with Gasteiger partial charge in [0.05, 0.1) is 19.3 Å². The summed E-state index contributed by atoms with van der Waals surface area (Å²) < 4.78 is 11.0. The smallest absolute Gasteiger partial charge is 0.258 e. The van der Waals surface area contributed by atoms with Crippen LogP contribution in [0.25, 0.3) is 0 Å². The van der Waals surface area contributed by atoms with Crippen LogP contribution < -0.4 is 10.1 Å². The third kappa shape index (κ3) is 5.73. The van der Waals surface area contributed by atoms with Gasteiger partial charge in [-0.1, -0.05) is 48.0 Å². The first-order valence-electron chi connectivity index (χ1n) is 8.73. The van der Waals surface area contributed by atoms with E-state index in [1.165, 1.54) is 0 Å². The molecular formula is C20H23ClN2O3. The molecule has 1 saturated heterocycles. The van der Waals surface area contributed by atoms with Gasteiger partial charge in [-0.3, -0.25) is 9.69 Å². The molecule has 0 aromatic heterocycles. The quantitative estimate of drug-likeness (QED) is 0.809. The molecule has 0 saturated carbocycles. The first-order chi connectivity index (χ1) is 12.7. The van der Waals surface area contributed by atoms with Gasteiger partial charge in [0.1, 0.15) is 5.75 Å². The van der Waals surface area contributed by atoms with Crippen molar-refractivity contribution in [3.8, 4) is 5.75 Å². The fourth-order valence-corrected chi connectivity index (χ4v) is 3.08. The second-order valence-corrected chi connectivity index (χ2v) is 6.63. The zero-order valence-electron chi connectivity index (χ0n) is 14.6. The molecule has 1 fully saturated rings. The molecule has 1 N–H and O–H groups in total. The number of amides is 1. The minimum Gasteiger partial charge on any atom is -0.484 e. The maximum absolute atomic E-state index is 12.4. The van der Waals surface area contributed by atoms with E-state index in [-0.39, 0.29) is 18.6 Å². The Hall–Kier alpha value is -2.08. The van der Waals surface area contributed by atoms with Crippen molar-refractivity contribution in [2.75, 3.05) is 39.5 Å². The van der Waals surface area contributed by atoms with Crippen molar-refractivity contribution in [1.82, 2.24) is 10.2 Å². The number of benzene rings is 2. The Morgan fingerprint density at radius 1 is 1.15 bits per heavy atom.